The van der Waals surface area contributed by atoms with Crippen LogP contribution in [0.2, 0.25) is 19.6 Å². The molecule has 0 rings (SSSR count). The second-order valence-corrected chi connectivity index (χ2v) is 4.50. The summed E-state index contributed by atoms with van der Waals surface area (Å²) in [6.07, 6.45) is 0. The van der Waals surface area contributed by atoms with Crippen LogP contribution in [-0.4, -0.2) is 8.80 Å². The zero-order valence-corrected chi connectivity index (χ0v) is 8.62. The molecule has 0 aliphatic rings. The standard InChI is InChI=1S/C3H9Si.K/c1-4(2)3;/h1-3H3;/q-1;+1. The fourth-order valence-corrected chi connectivity index (χ4v) is 0. The Bertz CT molecular complexity index is 11.6. The van der Waals surface area contributed by atoms with Crippen molar-refractivity contribution in [3.63, 3.8) is 0 Å². The minimum atomic E-state index is 0. The van der Waals surface area contributed by atoms with E-state index in [1.807, 2.05) is 0 Å². The molecule has 0 amide bonds. The van der Waals surface area contributed by atoms with Gasteiger partial charge in [-0.1, -0.05) is 0 Å². The monoisotopic (exact) mass is 112 g/mol. The molecule has 0 radical (unpaired) electrons. The van der Waals surface area contributed by atoms with Crippen molar-refractivity contribution in [3.8, 4) is 0 Å². The van der Waals surface area contributed by atoms with Crippen molar-refractivity contribution in [1.29, 1.82) is 0 Å². The Labute approximate surface area is 78.4 Å². The summed E-state index contributed by atoms with van der Waals surface area (Å²) < 4.78 is 0. The number of hydrogen-bond donors (Lipinski definition) is 0. The van der Waals surface area contributed by atoms with Crippen LogP contribution in [0.5, 0.6) is 0 Å². The van der Waals surface area contributed by atoms with Crippen LogP contribution >= 0.6 is 0 Å². The Hall–Kier alpha value is 1.85. The molecule has 0 saturated heterocycles. The van der Waals surface area contributed by atoms with Gasteiger partial charge in [-0.25, -0.2) is 0 Å². The van der Waals surface area contributed by atoms with E-state index >= 15 is 0 Å². The Morgan fingerprint density at radius 3 is 1.00 bits per heavy atom. The quantitative estimate of drug-likeness (QED) is 0.330. The molecule has 5 heavy (non-hydrogen) atoms. The molecule has 0 heterocycles. The molecule has 0 aliphatic carbocycles. The van der Waals surface area contributed by atoms with Crippen molar-refractivity contribution in [2.45, 2.75) is 19.6 Å². The van der Waals surface area contributed by atoms with Crippen molar-refractivity contribution >= 4 is 8.80 Å². The first-order valence-corrected chi connectivity index (χ1v) is 4.50. The van der Waals surface area contributed by atoms with Crippen LogP contribution in [-0.2, 0) is 0 Å². The van der Waals surface area contributed by atoms with E-state index in [9.17, 15) is 0 Å². The summed E-state index contributed by atoms with van der Waals surface area (Å²) in [4.78, 5) is 0. The van der Waals surface area contributed by atoms with Crippen LogP contribution in [0, 0.1) is 0 Å². The maximum atomic E-state index is 2.27. The van der Waals surface area contributed by atoms with Gasteiger partial charge in [0.15, 0.2) is 0 Å². The molecule has 0 N–H and O–H groups in total. The molecule has 0 bridgehead atoms. The van der Waals surface area contributed by atoms with Crippen LogP contribution in [0.3, 0.4) is 0 Å². The van der Waals surface area contributed by atoms with E-state index in [-0.39, 0.29) is 60.2 Å². The van der Waals surface area contributed by atoms with Crippen LogP contribution in [0.25, 0.3) is 0 Å². The summed E-state index contributed by atoms with van der Waals surface area (Å²) in [5.74, 6) is 0. The van der Waals surface area contributed by atoms with E-state index in [1.165, 1.54) is 0 Å². The first-order valence-electron chi connectivity index (χ1n) is 1.50. The summed E-state index contributed by atoms with van der Waals surface area (Å²) in [6.45, 7) is 6.81. The summed E-state index contributed by atoms with van der Waals surface area (Å²) in [6, 6.07) is 0. The second kappa shape index (κ2) is 5.85. The van der Waals surface area contributed by atoms with Gasteiger partial charge in [0, 0.05) is 0 Å². The molecular weight excluding hydrogens is 103 g/mol. The van der Waals surface area contributed by atoms with Gasteiger partial charge >= 0.3 is 51.4 Å². The molecule has 26 valence electrons. The molecule has 0 aromatic carbocycles. The third-order valence-corrected chi connectivity index (χ3v) is 0. The van der Waals surface area contributed by atoms with Gasteiger partial charge in [-0.2, -0.15) is 19.6 Å². The third-order valence-electron chi connectivity index (χ3n) is 0. The summed E-state index contributed by atoms with van der Waals surface area (Å²) >= 11 is 0. The van der Waals surface area contributed by atoms with E-state index < -0.39 is 0 Å². The van der Waals surface area contributed by atoms with Gasteiger partial charge in [0.2, 0.25) is 0 Å². The molecule has 0 atom stereocenters. The minimum absolute atomic E-state index is 0. The fourth-order valence-electron chi connectivity index (χ4n) is 0. The Balaban J connectivity index is 0. The van der Waals surface area contributed by atoms with E-state index in [4.69, 9.17) is 0 Å². The smallest absolute Gasteiger partial charge is 0.271 e. The number of rotatable bonds is 0. The van der Waals surface area contributed by atoms with Gasteiger partial charge in [-0.05, 0) is 0 Å². The van der Waals surface area contributed by atoms with Crippen molar-refractivity contribution < 1.29 is 51.4 Å². The van der Waals surface area contributed by atoms with E-state index in [1.54, 1.807) is 0 Å². The SMILES string of the molecule is C[Si-](C)C.[K+]. The third kappa shape index (κ3) is 25.3. The first-order chi connectivity index (χ1) is 1.73. The molecule has 0 fully saturated rings. The van der Waals surface area contributed by atoms with E-state index in [0.717, 1.165) is 0 Å². The number of hydrogen-bond acceptors (Lipinski definition) is 0. The van der Waals surface area contributed by atoms with Gasteiger partial charge in [-0.3, -0.25) is 8.80 Å². The van der Waals surface area contributed by atoms with Crippen molar-refractivity contribution in [1.82, 2.24) is 0 Å². The fraction of sp³-hybridized carbons (Fsp3) is 1.00. The Morgan fingerprint density at radius 2 is 1.00 bits per heavy atom. The minimum Gasteiger partial charge on any atom is -0.271 e. The zero-order chi connectivity index (χ0) is 3.58. The van der Waals surface area contributed by atoms with E-state index in [2.05, 4.69) is 19.6 Å². The summed E-state index contributed by atoms with van der Waals surface area (Å²) in [7, 11) is 0.120. The average Bonchev–Trinajstić information content (AvgIpc) is 0.811. The molecule has 0 unspecified atom stereocenters. The molecule has 0 aromatic heterocycles. The molecule has 0 aromatic rings. The normalized spacial score (nSPS) is 7.20. The molecule has 0 saturated carbocycles. The molecule has 0 spiro atoms. The van der Waals surface area contributed by atoms with Crippen LogP contribution < -0.4 is 51.4 Å². The summed E-state index contributed by atoms with van der Waals surface area (Å²) in [5.41, 5.74) is 0. The topological polar surface area (TPSA) is 0 Å². The van der Waals surface area contributed by atoms with Gasteiger partial charge in [0.1, 0.15) is 0 Å². The molecule has 2 heteroatoms. The van der Waals surface area contributed by atoms with Crippen molar-refractivity contribution in [2.75, 3.05) is 0 Å². The molecular formula is C3H9KSi. The van der Waals surface area contributed by atoms with Gasteiger partial charge in [0.05, 0.1) is 0 Å². The van der Waals surface area contributed by atoms with Crippen LogP contribution in [0.1, 0.15) is 0 Å². The first kappa shape index (κ1) is 9.97. The van der Waals surface area contributed by atoms with E-state index in [0.29, 0.717) is 0 Å². The Morgan fingerprint density at radius 1 is 1.00 bits per heavy atom. The zero-order valence-electron chi connectivity index (χ0n) is 4.50. The van der Waals surface area contributed by atoms with Crippen molar-refractivity contribution in [2.24, 2.45) is 0 Å². The maximum absolute atomic E-state index is 2.27. The Kier molecular flexibility index (Phi) is 11.7. The predicted molar refractivity (Wildman–Crippen MR) is 23.3 cm³/mol. The average molecular weight is 112 g/mol. The summed E-state index contributed by atoms with van der Waals surface area (Å²) in [5, 5.41) is 0. The van der Waals surface area contributed by atoms with Gasteiger partial charge < -0.3 is 0 Å². The van der Waals surface area contributed by atoms with Crippen molar-refractivity contribution in [3.05, 3.63) is 0 Å². The second-order valence-electron chi connectivity index (χ2n) is 1.50. The molecule has 0 nitrogen and oxygen atoms in total. The predicted octanol–water partition coefficient (Wildman–Crippen LogP) is -1.63. The van der Waals surface area contributed by atoms with Gasteiger partial charge in [-0.15, -0.1) is 0 Å². The largest absolute Gasteiger partial charge is 1.00 e. The maximum Gasteiger partial charge on any atom is 1.00 e. The van der Waals surface area contributed by atoms with Crippen LogP contribution in [0.4, 0.5) is 0 Å². The molecule has 0 aliphatic heterocycles. The van der Waals surface area contributed by atoms with Gasteiger partial charge in [0.25, 0.3) is 0 Å². The van der Waals surface area contributed by atoms with Crippen LogP contribution in [0.15, 0.2) is 0 Å².